The van der Waals surface area contributed by atoms with Gasteiger partial charge in [-0.05, 0) is 30.7 Å². The Balaban J connectivity index is 1.59. The van der Waals surface area contributed by atoms with Gasteiger partial charge in [-0.3, -0.25) is 0 Å². The second-order valence-electron chi connectivity index (χ2n) is 7.37. The number of nitrogens with one attached hydrogen (secondary N) is 1. The van der Waals surface area contributed by atoms with Crippen LogP contribution in [0.4, 0.5) is 18.9 Å². The molecule has 2 aromatic carbocycles. The summed E-state index contributed by atoms with van der Waals surface area (Å²) in [5, 5.41) is 8.07. The fraction of sp³-hybridized carbons (Fsp3) is 0.190. The number of hydrogen-bond acceptors (Lipinski definition) is 4. The Hall–Kier alpha value is -3.33. The van der Waals surface area contributed by atoms with Gasteiger partial charge in [-0.15, -0.1) is 4.80 Å². The predicted octanol–water partition coefficient (Wildman–Crippen LogP) is 5.32. The first-order valence-electron chi connectivity index (χ1n) is 9.46. The molecule has 0 radical (unpaired) electrons. The van der Waals surface area contributed by atoms with Gasteiger partial charge in [0.25, 0.3) is 0 Å². The Morgan fingerprint density at radius 1 is 1.10 bits per heavy atom. The number of alkyl halides is 3. The van der Waals surface area contributed by atoms with Gasteiger partial charge in [-0.25, -0.2) is 4.98 Å². The molecule has 1 saturated heterocycles. The number of rotatable bonds is 3. The van der Waals surface area contributed by atoms with Crippen LogP contribution in [0.1, 0.15) is 23.9 Å². The molecule has 0 saturated carbocycles. The number of halogens is 4. The van der Waals surface area contributed by atoms with Gasteiger partial charge in [0.2, 0.25) is 0 Å². The summed E-state index contributed by atoms with van der Waals surface area (Å²) in [6, 6.07) is 9.68. The number of nitrogens with zero attached hydrogens (tertiary/aromatic N) is 5. The molecule has 2 aromatic heterocycles. The Bertz CT molecular complexity index is 1280. The zero-order chi connectivity index (χ0) is 21.8. The van der Waals surface area contributed by atoms with Gasteiger partial charge in [0, 0.05) is 6.54 Å². The molecule has 5 rings (SSSR count). The van der Waals surface area contributed by atoms with Gasteiger partial charge in [-0.2, -0.15) is 23.4 Å². The van der Waals surface area contributed by atoms with Crippen LogP contribution in [0.2, 0.25) is 5.02 Å². The van der Waals surface area contributed by atoms with E-state index in [4.69, 9.17) is 11.6 Å². The SMILES string of the molecule is C=C1C[C@@H](c2nc3cc(Cl)c(C(F)(F)F)cc3[nH]2)N(c2ccccc2-n2nccn2)C1. The Morgan fingerprint density at radius 2 is 1.81 bits per heavy atom. The molecule has 4 aromatic rings. The zero-order valence-corrected chi connectivity index (χ0v) is 16.8. The van der Waals surface area contributed by atoms with Crippen LogP contribution in [-0.2, 0) is 6.18 Å². The van der Waals surface area contributed by atoms with Crippen molar-refractivity contribution in [2.45, 2.75) is 18.6 Å². The molecule has 10 heteroatoms. The van der Waals surface area contributed by atoms with E-state index in [0.29, 0.717) is 24.3 Å². The number of aromatic nitrogens is 5. The van der Waals surface area contributed by atoms with E-state index in [1.165, 1.54) is 10.9 Å². The highest BCUT2D eigenvalue weighted by atomic mass is 35.5. The summed E-state index contributed by atoms with van der Waals surface area (Å²) in [5.41, 5.74) is 2.42. The Kier molecular flexibility index (Phi) is 4.51. The highest BCUT2D eigenvalue weighted by molar-refractivity contribution is 6.32. The number of aromatic amines is 1. The van der Waals surface area contributed by atoms with Crippen molar-refractivity contribution in [1.29, 1.82) is 0 Å². The number of anilines is 1. The highest BCUT2D eigenvalue weighted by Crippen LogP contribution is 2.41. The van der Waals surface area contributed by atoms with Crippen LogP contribution in [0.5, 0.6) is 0 Å². The van der Waals surface area contributed by atoms with Crippen LogP contribution >= 0.6 is 11.6 Å². The predicted molar refractivity (Wildman–Crippen MR) is 111 cm³/mol. The summed E-state index contributed by atoms with van der Waals surface area (Å²) < 4.78 is 39.7. The van der Waals surface area contributed by atoms with E-state index in [9.17, 15) is 13.2 Å². The van der Waals surface area contributed by atoms with Gasteiger partial charge >= 0.3 is 6.18 Å². The van der Waals surface area contributed by atoms with Crippen LogP contribution in [0.25, 0.3) is 16.7 Å². The van der Waals surface area contributed by atoms with E-state index in [2.05, 4.69) is 31.6 Å². The first-order chi connectivity index (χ1) is 14.8. The molecule has 3 heterocycles. The van der Waals surface area contributed by atoms with Crippen molar-refractivity contribution in [1.82, 2.24) is 25.0 Å². The highest BCUT2D eigenvalue weighted by Gasteiger charge is 2.35. The molecular formula is C21H16ClF3N6. The fourth-order valence-electron chi connectivity index (χ4n) is 3.94. The minimum atomic E-state index is -4.54. The summed E-state index contributed by atoms with van der Waals surface area (Å²) in [6.45, 7) is 4.70. The lowest BCUT2D eigenvalue weighted by Crippen LogP contribution is -2.25. The molecule has 0 amide bonds. The molecule has 158 valence electrons. The average Bonchev–Trinajstić information content (AvgIpc) is 3.45. The van der Waals surface area contributed by atoms with Crippen LogP contribution in [0.3, 0.4) is 0 Å². The maximum Gasteiger partial charge on any atom is 0.417 e. The van der Waals surface area contributed by atoms with Crippen molar-refractivity contribution in [2.75, 3.05) is 11.4 Å². The maximum absolute atomic E-state index is 13.2. The number of fused-ring (bicyclic) bond motifs is 1. The van der Waals surface area contributed by atoms with Crippen molar-refractivity contribution >= 4 is 28.3 Å². The van der Waals surface area contributed by atoms with E-state index < -0.39 is 11.7 Å². The van der Waals surface area contributed by atoms with Crippen molar-refractivity contribution in [3.8, 4) is 5.69 Å². The van der Waals surface area contributed by atoms with E-state index in [-0.39, 0.29) is 16.6 Å². The lowest BCUT2D eigenvalue weighted by Gasteiger charge is -2.26. The largest absolute Gasteiger partial charge is 0.417 e. The van der Waals surface area contributed by atoms with Gasteiger partial charge in [0.05, 0.1) is 45.7 Å². The molecule has 0 bridgehead atoms. The minimum absolute atomic E-state index is 0.232. The molecule has 0 aliphatic carbocycles. The number of hydrogen-bond donors (Lipinski definition) is 1. The molecule has 1 aliphatic rings. The lowest BCUT2D eigenvalue weighted by molar-refractivity contribution is -0.137. The molecule has 1 atom stereocenters. The standard InChI is InChI=1S/C21H16ClF3N6/c1-12-8-19(20-28-15-9-13(21(23,24)25)14(22)10-16(15)29-20)30(11-12)17-4-2-3-5-18(17)31-26-6-7-27-31/h2-7,9-10,19H,1,8,11H2,(H,28,29)/t19-/m0/s1. The number of benzene rings is 2. The van der Waals surface area contributed by atoms with Gasteiger partial charge in [0.1, 0.15) is 11.5 Å². The van der Waals surface area contributed by atoms with Crippen molar-refractivity contribution in [2.24, 2.45) is 0 Å². The normalized spacial score (nSPS) is 17.1. The fourth-order valence-corrected chi connectivity index (χ4v) is 4.20. The molecule has 1 fully saturated rings. The lowest BCUT2D eigenvalue weighted by atomic mass is 10.1. The zero-order valence-electron chi connectivity index (χ0n) is 16.1. The van der Waals surface area contributed by atoms with Crippen molar-refractivity contribution < 1.29 is 13.2 Å². The first kappa shape index (κ1) is 19.6. The van der Waals surface area contributed by atoms with E-state index in [0.717, 1.165) is 23.0 Å². The van der Waals surface area contributed by atoms with Crippen molar-refractivity contribution in [3.63, 3.8) is 0 Å². The molecule has 1 aliphatic heterocycles. The first-order valence-corrected chi connectivity index (χ1v) is 9.84. The molecule has 0 unspecified atom stereocenters. The summed E-state index contributed by atoms with van der Waals surface area (Å²) in [5.74, 6) is 0.548. The Labute approximate surface area is 180 Å². The third kappa shape index (κ3) is 3.44. The minimum Gasteiger partial charge on any atom is -0.355 e. The second-order valence-corrected chi connectivity index (χ2v) is 7.78. The maximum atomic E-state index is 13.2. The third-order valence-corrected chi connectivity index (χ3v) is 5.60. The quantitative estimate of drug-likeness (QED) is 0.434. The topological polar surface area (TPSA) is 62.6 Å². The van der Waals surface area contributed by atoms with Crippen LogP contribution in [0.15, 0.2) is 60.9 Å². The monoisotopic (exact) mass is 444 g/mol. The summed E-state index contributed by atoms with van der Waals surface area (Å²) in [7, 11) is 0. The number of H-pyrrole nitrogens is 1. The van der Waals surface area contributed by atoms with Crippen molar-refractivity contribution in [3.05, 3.63) is 77.4 Å². The summed E-state index contributed by atoms with van der Waals surface area (Å²) >= 11 is 5.87. The van der Waals surface area contributed by atoms with E-state index in [1.807, 2.05) is 24.3 Å². The Morgan fingerprint density at radius 3 is 2.52 bits per heavy atom. The summed E-state index contributed by atoms with van der Waals surface area (Å²) in [6.07, 6.45) is -0.739. The molecular weight excluding hydrogens is 429 g/mol. The molecule has 31 heavy (non-hydrogen) atoms. The molecule has 1 N–H and O–H groups in total. The van der Waals surface area contributed by atoms with Gasteiger partial charge in [0.15, 0.2) is 0 Å². The second kappa shape index (κ2) is 7.12. The van der Waals surface area contributed by atoms with Gasteiger partial charge < -0.3 is 9.88 Å². The van der Waals surface area contributed by atoms with Gasteiger partial charge in [-0.1, -0.05) is 35.9 Å². The van der Waals surface area contributed by atoms with Crippen LogP contribution < -0.4 is 4.90 Å². The molecule has 0 spiro atoms. The van der Waals surface area contributed by atoms with E-state index in [1.54, 1.807) is 12.4 Å². The van der Waals surface area contributed by atoms with Crippen LogP contribution in [-0.4, -0.2) is 31.5 Å². The average molecular weight is 445 g/mol. The third-order valence-electron chi connectivity index (χ3n) is 5.29. The molecule has 6 nitrogen and oxygen atoms in total. The number of para-hydroxylation sites is 2. The van der Waals surface area contributed by atoms with Crippen LogP contribution in [0, 0.1) is 0 Å². The van der Waals surface area contributed by atoms with E-state index >= 15 is 0 Å². The number of imidazole rings is 1. The smallest absolute Gasteiger partial charge is 0.355 e. The summed E-state index contributed by atoms with van der Waals surface area (Å²) in [4.78, 5) is 11.2.